The Kier molecular flexibility index (Phi) is 4.84. The predicted octanol–water partition coefficient (Wildman–Crippen LogP) is 1.18. The van der Waals surface area contributed by atoms with Crippen LogP contribution in [0.1, 0.15) is 12.5 Å². The maximum absolute atomic E-state index is 12.1. The second-order valence-electron chi connectivity index (χ2n) is 5.14. The van der Waals surface area contributed by atoms with E-state index in [1.807, 2.05) is 18.2 Å². The number of methoxy groups -OCH3 is 2. The lowest BCUT2D eigenvalue weighted by Gasteiger charge is -2.15. The molecule has 1 aliphatic rings. The lowest BCUT2D eigenvalue weighted by Crippen LogP contribution is -2.34. The number of hydrogen-bond acceptors (Lipinski definition) is 4. The molecule has 1 amide bonds. The van der Waals surface area contributed by atoms with Crippen LogP contribution in [0.15, 0.2) is 18.2 Å². The predicted molar refractivity (Wildman–Crippen MR) is 76.9 cm³/mol. The first-order valence-corrected chi connectivity index (χ1v) is 6.85. The first-order valence-electron chi connectivity index (χ1n) is 6.85. The largest absolute Gasteiger partial charge is 0.497 e. The molecular formula is C15H22N2O3. The van der Waals surface area contributed by atoms with Gasteiger partial charge in [-0.25, -0.2) is 0 Å². The summed E-state index contributed by atoms with van der Waals surface area (Å²) in [5.74, 6) is 2.00. The molecule has 2 rings (SSSR count). The van der Waals surface area contributed by atoms with Gasteiger partial charge in [0.15, 0.2) is 0 Å². The van der Waals surface area contributed by atoms with Crippen molar-refractivity contribution in [2.75, 3.05) is 27.3 Å². The molecule has 110 valence electrons. The molecule has 0 aliphatic carbocycles. The number of ether oxygens (including phenoxy) is 2. The van der Waals surface area contributed by atoms with Crippen molar-refractivity contribution >= 4 is 5.91 Å². The number of amides is 1. The van der Waals surface area contributed by atoms with Crippen molar-refractivity contribution in [3.63, 3.8) is 0 Å². The second-order valence-corrected chi connectivity index (χ2v) is 5.14. The third kappa shape index (κ3) is 3.22. The Balaban J connectivity index is 1.98. The van der Waals surface area contributed by atoms with E-state index in [1.54, 1.807) is 14.2 Å². The van der Waals surface area contributed by atoms with E-state index in [1.165, 1.54) is 0 Å². The summed E-state index contributed by atoms with van der Waals surface area (Å²) in [6.07, 6.45) is 0. The summed E-state index contributed by atoms with van der Waals surface area (Å²) in [7, 11) is 3.23. The van der Waals surface area contributed by atoms with Crippen LogP contribution in [0.2, 0.25) is 0 Å². The van der Waals surface area contributed by atoms with Crippen molar-refractivity contribution in [2.24, 2.45) is 11.8 Å². The van der Waals surface area contributed by atoms with Gasteiger partial charge in [0, 0.05) is 24.7 Å². The summed E-state index contributed by atoms with van der Waals surface area (Å²) in [4.78, 5) is 12.1. The molecule has 2 atom stereocenters. The van der Waals surface area contributed by atoms with Gasteiger partial charge in [0.2, 0.25) is 5.91 Å². The Hall–Kier alpha value is -1.75. The number of benzene rings is 1. The Morgan fingerprint density at radius 3 is 2.75 bits per heavy atom. The molecule has 1 saturated heterocycles. The minimum Gasteiger partial charge on any atom is -0.497 e. The molecule has 0 saturated carbocycles. The van der Waals surface area contributed by atoms with Crippen molar-refractivity contribution in [3.05, 3.63) is 23.8 Å². The summed E-state index contributed by atoms with van der Waals surface area (Å²) in [5, 5.41) is 6.22. The van der Waals surface area contributed by atoms with Gasteiger partial charge in [0.1, 0.15) is 11.5 Å². The fraction of sp³-hybridized carbons (Fsp3) is 0.533. The van der Waals surface area contributed by atoms with E-state index in [0.29, 0.717) is 12.5 Å². The molecule has 1 aliphatic heterocycles. The van der Waals surface area contributed by atoms with Crippen LogP contribution in [0, 0.1) is 11.8 Å². The molecule has 1 aromatic carbocycles. The van der Waals surface area contributed by atoms with Crippen LogP contribution in [0.4, 0.5) is 0 Å². The van der Waals surface area contributed by atoms with E-state index >= 15 is 0 Å². The zero-order valence-corrected chi connectivity index (χ0v) is 12.2. The van der Waals surface area contributed by atoms with Crippen LogP contribution in [0.25, 0.3) is 0 Å². The minimum absolute atomic E-state index is 0.0549. The van der Waals surface area contributed by atoms with E-state index in [0.717, 1.165) is 30.2 Å². The Morgan fingerprint density at radius 2 is 2.15 bits per heavy atom. The van der Waals surface area contributed by atoms with Gasteiger partial charge in [0.25, 0.3) is 0 Å². The summed E-state index contributed by atoms with van der Waals surface area (Å²) in [5.41, 5.74) is 0.945. The van der Waals surface area contributed by atoms with Crippen molar-refractivity contribution in [3.8, 4) is 11.5 Å². The zero-order chi connectivity index (χ0) is 14.5. The highest BCUT2D eigenvalue weighted by Crippen LogP contribution is 2.24. The normalized spacial score (nSPS) is 21.6. The number of carbonyl (C=O) groups excluding carboxylic acids is 1. The molecule has 5 nitrogen and oxygen atoms in total. The third-order valence-electron chi connectivity index (χ3n) is 3.80. The van der Waals surface area contributed by atoms with Crippen molar-refractivity contribution in [1.29, 1.82) is 0 Å². The Bertz CT molecular complexity index is 476. The van der Waals surface area contributed by atoms with E-state index < -0.39 is 0 Å². The van der Waals surface area contributed by atoms with Crippen LogP contribution in [-0.2, 0) is 11.3 Å². The average Bonchev–Trinajstić information content (AvgIpc) is 2.90. The first-order chi connectivity index (χ1) is 9.65. The number of hydrogen-bond donors (Lipinski definition) is 2. The number of nitrogens with one attached hydrogen (secondary N) is 2. The van der Waals surface area contributed by atoms with E-state index in [4.69, 9.17) is 9.47 Å². The van der Waals surface area contributed by atoms with Gasteiger partial charge < -0.3 is 20.1 Å². The van der Waals surface area contributed by atoms with Gasteiger partial charge in [-0.1, -0.05) is 6.92 Å². The Labute approximate surface area is 119 Å². The zero-order valence-electron chi connectivity index (χ0n) is 12.2. The summed E-state index contributed by atoms with van der Waals surface area (Å²) < 4.78 is 10.5. The number of carbonyl (C=O) groups is 1. The van der Waals surface area contributed by atoms with Crippen LogP contribution in [0.3, 0.4) is 0 Å². The summed E-state index contributed by atoms with van der Waals surface area (Å²) >= 11 is 0. The molecule has 0 spiro atoms. The van der Waals surface area contributed by atoms with Crippen LogP contribution < -0.4 is 20.1 Å². The molecule has 0 aromatic heterocycles. The highest BCUT2D eigenvalue weighted by molar-refractivity contribution is 5.79. The van der Waals surface area contributed by atoms with E-state index in [2.05, 4.69) is 17.6 Å². The van der Waals surface area contributed by atoms with Crippen molar-refractivity contribution in [1.82, 2.24) is 10.6 Å². The lowest BCUT2D eigenvalue weighted by molar-refractivity contribution is -0.125. The lowest BCUT2D eigenvalue weighted by atomic mass is 9.97. The van der Waals surface area contributed by atoms with Gasteiger partial charge >= 0.3 is 0 Å². The summed E-state index contributed by atoms with van der Waals surface area (Å²) in [6, 6.07) is 5.60. The standard InChI is InChI=1S/C15H22N2O3/c1-10-7-16-9-13(10)15(18)17-8-11-4-5-12(19-2)6-14(11)20-3/h4-6,10,13,16H,7-9H2,1-3H3,(H,17,18)/t10-,13-/m1/s1. The highest BCUT2D eigenvalue weighted by Gasteiger charge is 2.29. The molecular weight excluding hydrogens is 256 g/mol. The molecule has 1 fully saturated rings. The van der Waals surface area contributed by atoms with E-state index in [-0.39, 0.29) is 11.8 Å². The monoisotopic (exact) mass is 278 g/mol. The molecule has 1 heterocycles. The third-order valence-corrected chi connectivity index (χ3v) is 3.80. The van der Waals surface area contributed by atoms with Crippen LogP contribution >= 0.6 is 0 Å². The minimum atomic E-state index is 0.0549. The molecule has 20 heavy (non-hydrogen) atoms. The second kappa shape index (κ2) is 6.61. The maximum atomic E-state index is 12.1. The smallest absolute Gasteiger partial charge is 0.224 e. The molecule has 2 N–H and O–H groups in total. The molecule has 0 bridgehead atoms. The average molecular weight is 278 g/mol. The molecule has 0 radical (unpaired) electrons. The SMILES string of the molecule is COc1ccc(CNC(=O)[C@@H]2CNC[C@H]2C)c(OC)c1. The van der Waals surface area contributed by atoms with Crippen molar-refractivity contribution in [2.45, 2.75) is 13.5 Å². The quantitative estimate of drug-likeness (QED) is 0.849. The van der Waals surface area contributed by atoms with Gasteiger partial charge in [-0.05, 0) is 24.6 Å². The molecule has 1 aromatic rings. The molecule has 5 heteroatoms. The van der Waals surface area contributed by atoms with Crippen LogP contribution in [0.5, 0.6) is 11.5 Å². The van der Waals surface area contributed by atoms with Gasteiger partial charge in [-0.3, -0.25) is 4.79 Å². The summed E-state index contributed by atoms with van der Waals surface area (Å²) in [6.45, 7) is 4.23. The maximum Gasteiger partial charge on any atom is 0.224 e. The topological polar surface area (TPSA) is 59.6 Å². The van der Waals surface area contributed by atoms with Crippen LogP contribution in [-0.4, -0.2) is 33.2 Å². The number of rotatable bonds is 5. The fourth-order valence-electron chi connectivity index (χ4n) is 2.47. The molecule has 0 unspecified atom stereocenters. The van der Waals surface area contributed by atoms with Gasteiger partial charge in [0.05, 0.1) is 20.1 Å². The van der Waals surface area contributed by atoms with Gasteiger partial charge in [-0.2, -0.15) is 0 Å². The van der Waals surface area contributed by atoms with Crippen molar-refractivity contribution < 1.29 is 14.3 Å². The Morgan fingerprint density at radius 1 is 1.35 bits per heavy atom. The van der Waals surface area contributed by atoms with Gasteiger partial charge in [-0.15, -0.1) is 0 Å². The first kappa shape index (κ1) is 14.7. The fourth-order valence-corrected chi connectivity index (χ4v) is 2.47. The highest BCUT2D eigenvalue weighted by atomic mass is 16.5. The van der Waals surface area contributed by atoms with E-state index in [9.17, 15) is 4.79 Å².